The van der Waals surface area contributed by atoms with Crippen LogP contribution in [0, 0.1) is 0 Å². The average Bonchev–Trinajstić information content (AvgIpc) is 3.09. The van der Waals surface area contributed by atoms with Gasteiger partial charge in [0.1, 0.15) is 5.82 Å². The molecule has 0 unspecified atom stereocenters. The van der Waals surface area contributed by atoms with Crippen LogP contribution in [0.25, 0.3) is 11.4 Å². The standard InChI is InChI=1S/C17H16N4OS/c1-23-14-9-7-13(8-10-14)17(22)18-11-15-19-16(21-20-15)12-5-3-2-4-6-12/h2-10H,11H2,1H3,(H,18,22)(H,19,20,21). The minimum Gasteiger partial charge on any atom is -0.345 e. The van der Waals surface area contributed by atoms with Crippen LogP contribution < -0.4 is 5.32 Å². The number of hydrogen-bond donors (Lipinski definition) is 2. The molecule has 0 radical (unpaired) electrons. The van der Waals surface area contributed by atoms with Crippen LogP contribution in [0.3, 0.4) is 0 Å². The zero-order valence-corrected chi connectivity index (χ0v) is 13.4. The van der Waals surface area contributed by atoms with Gasteiger partial charge in [-0.2, -0.15) is 5.10 Å². The molecule has 6 heteroatoms. The van der Waals surface area contributed by atoms with Gasteiger partial charge >= 0.3 is 0 Å². The number of aromatic amines is 1. The van der Waals surface area contributed by atoms with Crippen LogP contribution in [0.4, 0.5) is 0 Å². The van der Waals surface area contributed by atoms with E-state index >= 15 is 0 Å². The highest BCUT2D eigenvalue weighted by molar-refractivity contribution is 7.98. The Hall–Kier alpha value is -2.60. The maximum Gasteiger partial charge on any atom is 0.251 e. The molecule has 2 aromatic carbocycles. The van der Waals surface area contributed by atoms with E-state index in [0.29, 0.717) is 23.8 Å². The van der Waals surface area contributed by atoms with Crippen molar-refractivity contribution < 1.29 is 4.79 Å². The molecule has 0 aliphatic carbocycles. The molecule has 0 bridgehead atoms. The Morgan fingerprint density at radius 3 is 2.57 bits per heavy atom. The van der Waals surface area contributed by atoms with Gasteiger partial charge in [0.2, 0.25) is 0 Å². The van der Waals surface area contributed by atoms with E-state index < -0.39 is 0 Å². The molecule has 5 nitrogen and oxygen atoms in total. The Morgan fingerprint density at radius 1 is 1.13 bits per heavy atom. The van der Waals surface area contributed by atoms with Crippen molar-refractivity contribution in [3.05, 3.63) is 66.0 Å². The molecule has 1 amide bonds. The first kappa shape index (κ1) is 15.3. The summed E-state index contributed by atoms with van der Waals surface area (Å²) in [6.45, 7) is 0.308. The van der Waals surface area contributed by atoms with Gasteiger partial charge in [-0.1, -0.05) is 30.3 Å². The van der Waals surface area contributed by atoms with Crippen molar-refractivity contribution in [1.82, 2.24) is 20.5 Å². The molecule has 2 N–H and O–H groups in total. The third-order valence-electron chi connectivity index (χ3n) is 3.33. The number of H-pyrrole nitrogens is 1. The second kappa shape index (κ2) is 7.11. The number of hydrogen-bond acceptors (Lipinski definition) is 4. The molecule has 1 heterocycles. The normalized spacial score (nSPS) is 10.5. The summed E-state index contributed by atoms with van der Waals surface area (Å²) in [4.78, 5) is 17.6. The van der Waals surface area contributed by atoms with Gasteiger partial charge < -0.3 is 5.32 Å². The van der Waals surface area contributed by atoms with Gasteiger partial charge in [-0.3, -0.25) is 9.89 Å². The predicted octanol–water partition coefficient (Wildman–Crippen LogP) is 3.12. The number of nitrogens with one attached hydrogen (secondary N) is 2. The number of aromatic nitrogens is 3. The zero-order valence-electron chi connectivity index (χ0n) is 12.6. The molecule has 0 aliphatic rings. The Morgan fingerprint density at radius 2 is 1.87 bits per heavy atom. The number of benzene rings is 2. The molecule has 0 saturated carbocycles. The SMILES string of the molecule is CSc1ccc(C(=O)NCc2nc(-c3ccccc3)n[nH]2)cc1. The summed E-state index contributed by atoms with van der Waals surface area (Å²) in [6, 6.07) is 17.2. The van der Waals surface area contributed by atoms with Crippen LogP contribution >= 0.6 is 11.8 Å². The van der Waals surface area contributed by atoms with Gasteiger partial charge in [0.15, 0.2) is 5.82 Å². The molecule has 0 saturated heterocycles. The molecular formula is C17H16N4OS. The molecule has 0 aliphatic heterocycles. The van der Waals surface area contributed by atoms with Crippen molar-refractivity contribution in [3.63, 3.8) is 0 Å². The van der Waals surface area contributed by atoms with Crippen molar-refractivity contribution in [2.75, 3.05) is 6.26 Å². The number of amides is 1. The molecule has 0 fully saturated rings. The highest BCUT2D eigenvalue weighted by Crippen LogP contribution is 2.15. The quantitative estimate of drug-likeness (QED) is 0.707. The zero-order chi connectivity index (χ0) is 16.1. The van der Waals surface area contributed by atoms with Crippen molar-refractivity contribution in [2.45, 2.75) is 11.4 Å². The summed E-state index contributed by atoms with van der Waals surface area (Å²) in [5.74, 6) is 1.12. The minimum absolute atomic E-state index is 0.129. The first-order chi connectivity index (χ1) is 11.3. The molecule has 1 aromatic heterocycles. The van der Waals surface area contributed by atoms with E-state index in [1.807, 2.05) is 60.9 Å². The second-order valence-electron chi connectivity index (χ2n) is 4.88. The highest BCUT2D eigenvalue weighted by Gasteiger charge is 2.08. The lowest BCUT2D eigenvalue weighted by Gasteiger charge is -2.03. The van der Waals surface area contributed by atoms with E-state index in [2.05, 4.69) is 20.5 Å². The van der Waals surface area contributed by atoms with Crippen LogP contribution in [0.1, 0.15) is 16.2 Å². The van der Waals surface area contributed by atoms with E-state index in [0.717, 1.165) is 10.5 Å². The lowest BCUT2D eigenvalue weighted by atomic mass is 10.2. The summed E-state index contributed by atoms with van der Waals surface area (Å²) in [5, 5.41) is 9.86. The maximum absolute atomic E-state index is 12.1. The van der Waals surface area contributed by atoms with Gasteiger partial charge in [-0.05, 0) is 30.5 Å². The topological polar surface area (TPSA) is 70.7 Å². The summed E-state index contributed by atoms with van der Waals surface area (Å²) >= 11 is 1.65. The van der Waals surface area contributed by atoms with Crippen LogP contribution in [-0.2, 0) is 6.54 Å². The summed E-state index contributed by atoms with van der Waals surface area (Å²) in [7, 11) is 0. The number of rotatable bonds is 5. The van der Waals surface area contributed by atoms with Crippen LogP contribution in [0.2, 0.25) is 0 Å². The lowest BCUT2D eigenvalue weighted by Crippen LogP contribution is -2.23. The molecule has 3 rings (SSSR count). The molecule has 0 atom stereocenters. The Bertz CT molecular complexity index is 784. The van der Waals surface area contributed by atoms with Crippen LogP contribution in [0.15, 0.2) is 59.5 Å². The number of carbonyl (C=O) groups excluding carboxylic acids is 1. The summed E-state index contributed by atoms with van der Waals surface area (Å²) in [6.07, 6.45) is 2.00. The monoisotopic (exact) mass is 324 g/mol. The molecule has 116 valence electrons. The first-order valence-electron chi connectivity index (χ1n) is 7.15. The molecule has 0 spiro atoms. The van der Waals surface area contributed by atoms with Gasteiger partial charge in [0.25, 0.3) is 5.91 Å². The summed E-state index contributed by atoms with van der Waals surface area (Å²) in [5.41, 5.74) is 1.57. The second-order valence-corrected chi connectivity index (χ2v) is 5.76. The van der Waals surface area contributed by atoms with Gasteiger partial charge in [-0.25, -0.2) is 4.98 Å². The number of carbonyl (C=O) groups is 1. The molecular weight excluding hydrogens is 308 g/mol. The van der Waals surface area contributed by atoms with E-state index in [1.54, 1.807) is 11.8 Å². The van der Waals surface area contributed by atoms with E-state index in [9.17, 15) is 4.79 Å². The largest absolute Gasteiger partial charge is 0.345 e. The van der Waals surface area contributed by atoms with Crippen LogP contribution in [0.5, 0.6) is 0 Å². The van der Waals surface area contributed by atoms with Crippen LogP contribution in [-0.4, -0.2) is 27.3 Å². The van der Waals surface area contributed by atoms with E-state index in [4.69, 9.17) is 0 Å². The lowest BCUT2D eigenvalue weighted by molar-refractivity contribution is 0.0950. The minimum atomic E-state index is -0.129. The highest BCUT2D eigenvalue weighted by atomic mass is 32.2. The van der Waals surface area contributed by atoms with E-state index in [1.165, 1.54) is 0 Å². The fourth-order valence-corrected chi connectivity index (χ4v) is 2.51. The van der Waals surface area contributed by atoms with Gasteiger partial charge in [0, 0.05) is 16.0 Å². The first-order valence-corrected chi connectivity index (χ1v) is 8.37. The van der Waals surface area contributed by atoms with Crippen molar-refractivity contribution in [3.8, 4) is 11.4 Å². The Kier molecular flexibility index (Phi) is 4.73. The number of thioether (sulfide) groups is 1. The van der Waals surface area contributed by atoms with Gasteiger partial charge in [-0.15, -0.1) is 11.8 Å². The van der Waals surface area contributed by atoms with Gasteiger partial charge in [0.05, 0.1) is 6.54 Å². The Labute approximate surface area is 138 Å². The maximum atomic E-state index is 12.1. The number of nitrogens with zero attached hydrogens (tertiary/aromatic N) is 2. The fraction of sp³-hybridized carbons (Fsp3) is 0.118. The van der Waals surface area contributed by atoms with Crippen molar-refractivity contribution >= 4 is 17.7 Å². The molecule has 23 heavy (non-hydrogen) atoms. The summed E-state index contributed by atoms with van der Waals surface area (Å²) < 4.78 is 0. The average molecular weight is 324 g/mol. The third-order valence-corrected chi connectivity index (χ3v) is 4.08. The van der Waals surface area contributed by atoms with E-state index in [-0.39, 0.29) is 5.91 Å². The van der Waals surface area contributed by atoms with Crippen molar-refractivity contribution in [1.29, 1.82) is 0 Å². The smallest absolute Gasteiger partial charge is 0.251 e. The Balaban J connectivity index is 1.62. The fourth-order valence-electron chi connectivity index (χ4n) is 2.10. The predicted molar refractivity (Wildman–Crippen MR) is 91.2 cm³/mol. The van der Waals surface area contributed by atoms with Crippen molar-refractivity contribution in [2.24, 2.45) is 0 Å². The molecule has 3 aromatic rings. The third kappa shape index (κ3) is 3.78.